The van der Waals surface area contributed by atoms with Crippen molar-refractivity contribution in [3.05, 3.63) is 70.0 Å². The van der Waals surface area contributed by atoms with Gasteiger partial charge < -0.3 is 14.5 Å². The smallest absolute Gasteiger partial charge is 0.340 e. The lowest BCUT2D eigenvalue weighted by Gasteiger charge is -2.09. The molecule has 8 heteroatoms. The summed E-state index contributed by atoms with van der Waals surface area (Å²) >= 11 is 0. The van der Waals surface area contributed by atoms with Gasteiger partial charge in [0.1, 0.15) is 17.2 Å². The van der Waals surface area contributed by atoms with Gasteiger partial charge in [0.05, 0.1) is 19.1 Å². The zero-order valence-corrected chi connectivity index (χ0v) is 16.1. The van der Waals surface area contributed by atoms with Crippen LogP contribution in [-0.4, -0.2) is 34.2 Å². The number of fused-ring (bicyclic) bond motifs is 2. The number of methoxy groups -OCH3 is 1. The molecule has 1 N–H and O–H groups in total. The summed E-state index contributed by atoms with van der Waals surface area (Å²) in [5.74, 6) is 1.12. The Hall–Kier alpha value is -3.68. The molecule has 0 aliphatic rings. The Balaban J connectivity index is 1.45. The van der Waals surface area contributed by atoms with Gasteiger partial charge in [-0.2, -0.15) is 0 Å². The fourth-order valence-corrected chi connectivity index (χ4v) is 3.30. The number of nitrogens with one attached hydrogen (secondary N) is 1. The van der Waals surface area contributed by atoms with E-state index in [9.17, 15) is 9.59 Å². The Morgan fingerprint density at radius 1 is 1.24 bits per heavy atom. The Morgan fingerprint density at radius 2 is 2.10 bits per heavy atom. The average Bonchev–Trinajstić information content (AvgIpc) is 3.14. The van der Waals surface area contributed by atoms with Crippen LogP contribution in [0.2, 0.25) is 0 Å². The first-order valence-corrected chi connectivity index (χ1v) is 9.22. The molecule has 0 fully saturated rings. The number of hydrogen-bond donors (Lipinski definition) is 1. The zero-order valence-electron chi connectivity index (χ0n) is 16.1. The number of carbonyl (C=O) groups is 1. The van der Waals surface area contributed by atoms with E-state index >= 15 is 0 Å². The van der Waals surface area contributed by atoms with E-state index in [0.29, 0.717) is 29.9 Å². The maximum atomic E-state index is 12.4. The molecule has 0 bridgehead atoms. The van der Waals surface area contributed by atoms with Crippen LogP contribution >= 0.6 is 0 Å². The average molecular weight is 392 g/mol. The molecule has 1 amide bonds. The molecular formula is C21H20N4O4. The second-order valence-corrected chi connectivity index (χ2v) is 6.68. The molecule has 0 aliphatic carbocycles. The molecular weight excluding hydrogens is 372 g/mol. The van der Waals surface area contributed by atoms with Crippen LogP contribution in [0.25, 0.3) is 16.6 Å². The van der Waals surface area contributed by atoms with Crippen molar-refractivity contribution in [1.82, 2.24) is 19.9 Å². The van der Waals surface area contributed by atoms with Crippen molar-refractivity contribution in [2.75, 3.05) is 13.7 Å². The molecule has 0 radical (unpaired) electrons. The van der Waals surface area contributed by atoms with E-state index in [1.54, 1.807) is 19.2 Å². The van der Waals surface area contributed by atoms with E-state index in [4.69, 9.17) is 9.15 Å². The standard InChI is InChI=1S/C21H20N4O4/c1-13-15-7-6-14(28-2)11-17(15)29-21(27)16(13)12-20(26)22-9-8-19-24-23-18-5-3-4-10-25(18)19/h3-7,10-11H,8-9,12H2,1-2H3,(H,22,26). The van der Waals surface area contributed by atoms with Crippen molar-refractivity contribution in [3.63, 3.8) is 0 Å². The molecule has 4 rings (SSSR count). The number of nitrogens with zero attached hydrogens (tertiary/aromatic N) is 3. The number of aryl methyl sites for hydroxylation is 1. The third-order valence-electron chi connectivity index (χ3n) is 4.89. The predicted molar refractivity (Wildman–Crippen MR) is 107 cm³/mol. The van der Waals surface area contributed by atoms with Crippen LogP contribution in [0.15, 0.2) is 51.8 Å². The van der Waals surface area contributed by atoms with E-state index in [-0.39, 0.29) is 12.3 Å². The highest BCUT2D eigenvalue weighted by molar-refractivity contribution is 5.85. The van der Waals surface area contributed by atoms with E-state index in [1.807, 2.05) is 41.8 Å². The number of amides is 1. The summed E-state index contributed by atoms with van der Waals surface area (Å²) in [6.07, 6.45) is 2.36. The molecule has 0 spiro atoms. The van der Waals surface area contributed by atoms with Crippen molar-refractivity contribution in [3.8, 4) is 5.75 Å². The Labute approximate surface area is 166 Å². The minimum Gasteiger partial charge on any atom is -0.497 e. The van der Waals surface area contributed by atoms with Gasteiger partial charge in [-0.3, -0.25) is 9.20 Å². The quantitative estimate of drug-likeness (QED) is 0.504. The number of pyridine rings is 1. The highest BCUT2D eigenvalue weighted by atomic mass is 16.5. The van der Waals surface area contributed by atoms with Gasteiger partial charge in [-0.25, -0.2) is 4.79 Å². The summed E-state index contributed by atoms with van der Waals surface area (Å²) in [6.45, 7) is 2.21. The summed E-state index contributed by atoms with van der Waals surface area (Å²) in [5, 5.41) is 11.8. The summed E-state index contributed by atoms with van der Waals surface area (Å²) < 4.78 is 12.4. The molecule has 3 heterocycles. The molecule has 0 saturated heterocycles. The van der Waals surface area contributed by atoms with E-state index in [2.05, 4.69) is 15.5 Å². The van der Waals surface area contributed by atoms with Crippen LogP contribution in [0.5, 0.6) is 5.75 Å². The summed E-state index contributed by atoms with van der Waals surface area (Å²) in [5.41, 5.74) is 1.77. The molecule has 3 aromatic heterocycles. The molecule has 4 aromatic rings. The number of aromatic nitrogens is 3. The van der Waals surface area contributed by atoms with Crippen LogP contribution in [0.1, 0.15) is 17.0 Å². The lowest BCUT2D eigenvalue weighted by atomic mass is 10.0. The summed E-state index contributed by atoms with van der Waals surface area (Å²) in [4.78, 5) is 24.8. The number of ether oxygens (including phenoxy) is 1. The molecule has 8 nitrogen and oxygen atoms in total. The van der Waals surface area contributed by atoms with E-state index < -0.39 is 5.63 Å². The van der Waals surface area contributed by atoms with E-state index in [0.717, 1.165) is 22.4 Å². The van der Waals surface area contributed by atoms with E-state index in [1.165, 1.54) is 0 Å². The number of hydrogen-bond acceptors (Lipinski definition) is 6. The van der Waals surface area contributed by atoms with Gasteiger partial charge in [0.2, 0.25) is 5.91 Å². The van der Waals surface area contributed by atoms with Crippen molar-refractivity contribution in [2.45, 2.75) is 19.8 Å². The fraction of sp³-hybridized carbons (Fsp3) is 0.238. The first-order chi connectivity index (χ1) is 14.1. The van der Waals surface area contributed by atoms with Crippen LogP contribution in [0.3, 0.4) is 0 Å². The van der Waals surface area contributed by atoms with Crippen LogP contribution in [0, 0.1) is 6.92 Å². The zero-order chi connectivity index (χ0) is 20.4. The minimum absolute atomic E-state index is 0.0449. The molecule has 0 saturated carbocycles. The highest BCUT2D eigenvalue weighted by Crippen LogP contribution is 2.24. The van der Waals surface area contributed by atoms with Crippen molar-refractivity contribution >= 4 is 22.5 Å². The topological polar surface area (TPSA) is 98.7 Å². The first-order valence-electron chi connectivity index (χ1n) is 9.22. The normalized spacial score (nSPS) is 11.1. The summed E-state index contributed by atoms with van der Waals surface area (Å²) in [6, 6.07) is 10.9. The number of benzene rings is 1. The molecule has 0 aliphatic heterocycles. The molecule has 1 aromatic carbocycles. The van der Waals surface area contributed by atoms with Crippen molar-refractivity contribution in [1.29, 1.82) is 0 Å². The molecule has 29 heavy (non-hydrogen) atoms. The third-order valence-corrected chi connectivity index (χ3v) is 4.89. The second-order valence-electron chi connectivity index (χ2n) is 6.68. The number of carbonyl (C=O) groups excluding carboxylic acids is 1. The van der Waals surface area contributed by atoms with Crippen molar-refractivity contribution < 1.29 is 13.9 Å². The number of rotatable bonds is 6. The summed E-state index contributed by atoms with van der Waals surface area (Å²) in [7, 11) is 1.55. The lowest BCUT2D eigenvalue weighted by Crippen LogP contribution is -2.29. The van der Waals surface area contributed by atoms with Gasteiger partial charge in [-0.1, -0.05) is 6.07 Å². The monoisotopic (exact) mass is 392 g/mol. The maximum Gasteiger partial charge on any atom is 0.340 e. The molecule has 0 atom stereocenters. The highest BCUT2D eigenvalue weighted by Gasteiger charge is 2.15. The SMILES string of the molecule is COc1ccc2c(C)c(CC(=O)NCCc3nnc4ccccn34)c(=O)oc2c1. The fourth-order valence-electron chi connectivity index (χ4n) is 3.30. The molecule has 148 valence electrons. The largest absolute Gasteiger partial charge is 0.497 e. The molecule has 0 unspecified atom stereocenters. The van der Waals surface area contributed by atoms with Gasteiger partial charge in [-0.15, -0.1) is 10.2 Å². The van der Waals surface area contributed by atoms with Gasteiger partial charge in [0, 0.05) is 30.6 Å². The minimum atomic E-state index is -0.512. The van der Waals surface area contributed by atoms with Crippen LogP contribution < -0.4 is 15.7 Å². The predicted octanol–water partition coefficient (Wildman–Crippen LogP) is 2.05. The third kappa shape index (κ3) is 3.69. The first kappa shape index (κ1) is 18.7. The van der Waals surface area contributed by atoms with Crippen LogP contribution in [0.4, 0.5) is 0 Å². The van der Waals surface area contributed by atoms with Crippen molar-refractivity contribution in [2.24, 2.45) is 0 Å². The maximum absolute atomic E-state index is 12.4. The Morgan fingerprint density at radius 3 is 2.93 bits per heavy atom. The van der Waals surface area contributed by atoms with Gasteiger partial charge in [-0.05, 0) is 36.8 Å². The Bertz CT molecular complexity index is 1260. The van der Waals surface area contributed by atoms with Crippen LogP contribution in [-0.2, 0) is 17.6 Å². The lowest BCUT2D eigenvalue weighted by molar-refractivity contribution is -0.120. The Kier molecular flexibility index (Phi) is 4.99. The second kappa shape index (κ2) is 7.75. The van der Waals surface area contributed by atoms with Gasteiger partial charge in [0.15, 0.2) is 5.65 Å². The van der Waals surface area contributed by atoms with Gasteiger partial charge in [0.25, 0.3) is 0 Å². The van der Waals surface area contributed by atoms with Gasteiger partial charge >= 0.3 is 5.63 Å².